The van der Waals surface area contributed by atoms with Gasteiger partial charge in [0, 0.05) is 32.6 Å². The Morgan fingerprint density at radius 1 is 1.21 bits per heavy atom. The molecule has 1 aromatic heterocycles. The topological polar surface area (TPSA) is 58.6 Å². The van der Waals surface area contributed by atoms with Gasteiger partial charge in [0.25, 0.3) is 0 Å². The minimum Gasteiger partial charge on any atom is -0.480 e. The maximum Gasteiger partial charge on any atom is 0.232 e. The summed E-state index contributed by atoms with van der Waals surface area (Å²) in [5, 5.41) is 0. The highest BCUT2D eigenvalue weighted by atomic mass is 79.9. The minimum absolute atomic E-state index is 0.287. The number of halogens is 1. The Morgan fingerprint density at radius 2 is 1.96 bits per heavy atom. The van der Waals surface area contributed by atoms with E-state index in [1.165, 1.54) is 11.1 Å². The molecule has 7 heteroatoms. The lowest BCUT2D eigenvalue weighted by Crippen LogP contribution is -2.39. The van der Waals surface area contributed by atoms with E-state index in [9.17, 15) is 4.79 Å². The summed E-state index contributed by atoms with van der Waals surface area (Å²) in [5.74, 6) is 1.96. The van der Waals surface area contributed by atoms with E-state index in [0.29, 0.717) is 24.2 Å². The van der Waals surface area contributed by atoms with Crippen molar-refractivity contribution in [3.05, 3.63) is 46.1 Å². The van der Waals surface area contributed by atoms with E-state index in [4.69, 9.17) is 4.74 Å². The third kappa shape index (κ3) is 4.14. The Morgan fingerprint density at radius 3 is 2.71 bits per heavy atom. The first kappa shape index (κ1) is 19.2. The van der Waals surface area contributed by atoms with Gasteiger partial charge in [0.2, 0.25) is 17.7 Å². The summed E-state index contributed by atoms with van der Waals surface area (Å²) in [6, 6.07) is 8.45. The number of amides is 1. The van der Waals surface area contributed by atoms with Crippen LogP contribution in [0.2, 0.25) is 0 Å². The van der Waals surface area contributed by atoms with E-state index in [1.54, 1.807) is 13.3 Å². The molecular weight excluding hydrogens is 420 g/mol. The summed E-state index contributed by atoms with van der Waals surface area (Å²) >= 11 is 3.39. The van der Waals surface area contributed by atoms with Crippen molar-refractivity contribution in [1.29, 1.82) is 0 Å². The van der Waals surface area contributed by atoms with Gasteiger partial charge in [-0.1, -0.05) is 24.3 Å². The third-order valence-corrected chi connectivity index (χ3v) is 6.28. The molecule has 2 aliphatic heterocycles. The Balaban J connectivity index is 1.30. The van der Waals surface area contributed by atoms with Crippen LogP contribution in [0.1, 0.15) is 30.4 Å². The number of fused-ring (bicyclic) bond motifs is 1. The lowest BCUT2D eigenvalue weighted by molar-refractivity contribution is -0.133. The highest BCUT2D eigenvalue weighted by Crippen LogP contribution is 2.28. The van der Waals surface area contributed by atoms with Crippen molar-refractivity contribution < 1.29 is 9.53 Å². The van der Waals surface area contributed by atoms with Gasteiger partial charge in [0.05, 0.1) is 17.8 Å². The lowest BCUT2D eigenvalue weighted by Gasteiger charge is -2.34. The lowest BCUT2D eigenvalue weighted by atomic mass is 9.92. The summed E-state index contributed by atoms with van der Waals surface area (Å²) in [4.78, 5) is 25.9. The number of ether oxygens (including phenoxy) is 1. The van der Waals surface area contributed by atoms with Crippen LogP contribution in [-0.2, 0) is 17.8 Å². The van der Waals surface area contributed by atoms with Gasteiger partial charge < -0.3 is 14.5 Å². The number of hydrogen-bond acceptors (Lipinski definition) is 5. The number of carbonyl (C=O) groups excluding carboxylic acids is 1. The van der Waals surface area contributed by atoms with Gasteiger partial charge in [0.1, 0.15) is 0 Å². The molecule has 1 saturated heterocycles. The maximum absolute atomic E-state index is 12.8. The first-order chi connectivity index (χ1) is 13.6. The number of anilines is 1. The van der Waals surface area contributed by atoms with Crippen molar-refractivity contribution >= 4 is 27.8 Å². The van der Waals surface area contributed by atoms with Crippen molar-refractivity contribution in [2.75, 3.05) is 31.6 Å². The minimum atomic E-state index is 0.287. The molecule has 1 amide bonds. The number of aromatic nitrogens is 2. The van der Waals surface area contributed by atoms with E-state index in [1.807, 2.05) is 4.90 Å². The van der Waals surface area contributed by atoms with Crippen LogP contribution in [0.5, 0.6) is 5.88 Å². The van der Waals surface area contributed by atoms with Gasteiger partial charge in [-0.25, -0.2) is 4.98 Å². The van der Waals surface area contributed by atoms with Crippen LogP contribution in [0.15, 0.2) is 34.9 Å². The normalized spacial score (nSPS) is 17.4. The second kappa shape index (κ2) is 8.47. The van der Waals surface area contributed by atoms with Crippen LogP contribution < -0.4 is 9.64 Å². The summed E-state index contributed by atoms with van der Waals surface area (Å²) < 4.78 is 6.02. The molecule has 0 saturated carbocycles. The van der Waals surface area contributed by atoms with Gasteiger partial charge in [-0.3, -0.25) is 4.79 Å². The smallest absolute Gasteiger partial charge is 0.232 e. The van der Waals surface area contributed by atoms with Gasteiger partial charge in [-0.15, -0.1) is 0 Å². The average Bonchev–Trinajstić information content (AvgIpc) is 2.74. The fourth-order valence-corrected chi connectivity index (χ4v) is 4.41. The van der Waals surface area contributed by atoms with Crippen LogP contribution in [0.25, 0.3) is 0 Å². The summed E-state index contributed by atoms with van der Waals surface area (Å²) in [7, 11) is 1.60. The van der Waals surface area contributed by atoms with Gasteiger partial charge in [-0.2, -0.15) is 4.98 Å². The predicted molar refractivity (Wildman–Crippen MR) is 111 cm³/mol. The largest absolute Gasteiger partial charge is 0.480 e. The predicted octanol–water partition coefficient (Wildman–Crippen LogP) is 3.44. The van der Waals surface area contributed by atoms with Crippen LogP contribution in [0.3, 0.4) is 0 Å². The Kier molecular flexibility index (Phi) is 5.80. The second-order valence-electron chi connectivity index (χ2n) is 7.50. The molecule has 0 N–H and O–H groups in total. The molecule has 148 valence electrons. The molecule has 0 bridgehead atoms. The van der Waals surface area contributed by atoms with Crippen molar-refractivity contribution in [2.45, 2.75) is 32.2 Å². The van der Waals surface area contributed by atoms with E-state index in [-0.39, 0.29) is 5.91 Å². The molecule has 1 fully saturated rings. The zero-order chi connectivity index (χ0) is 19.5. The number of piperidine rings is 1. The molecular formula is C21H25BrN4O2. The molecule has 2 aliphatic rings. The molecule has 0 spiro atoms. The van der Waals surface area contributed by atoms with Crippen molar-refractivity contribution in [1.82, 2.24) is 14.9 Å². The highest BCUT2D eigenvalue weighted by molar-refractivity contribution is 9.10. The highest BCUT2D eigenvalue weighted by Gasteiger charge is 2.27. The molecule has 0 radical (unpaired) electrons. The number of methoxy groups -OCH3 is 1. The van der Waals surface area contributed by atoms with Gasteiger partial charge in [-0.05, 0) is 52.2 Å². The number of hydrogen-bond donors (Lipinski definition) is 0. The average molecular weight is 445 g/mol. The molecule has 4 rings (SSSR count). The first-order valence-electron chi connectivity index (χ1n) is 9.80. The van der Waals surface area contributed by atoms with Crippen LogP contribution in [0, 0.1) is 5.92 Å². The van der Waals surface area contributed by atoms with Crippen molar-refractivity contribution in [3.63, 3.8) is 0 Å². The molecule has 0 aliphatic carbocycles. The summed E-state index contributed by atoms with van der Waals surface area (Å²) in [5.41, 5.74) is 2.67. The van der Waals surface area contributed by atoms with Crippen LogP contribution in [-0.4, -0.2) is 47.5 Å². The standard InChI is InChI=1S/C21H25BrN4O2/c1-28-20-18(22)13-23-21(24-20)25-9-6-15(7-10-25)12-19(27)26-11-8-16-4-2-3-5-17(16)14-26/h2-5,13,15H,6-12,14H2,1H3. The van der Waals surface area contributed by atoms with Gasteiger partial charge in [0.15, 0.2) is 0 Å². The maximum atomic E-state index is 12.8. The Hall–Kier alpha value is -2.15. The summed E-state index contributed by atoms with van der Waals surface area (Å²) in [6.45, 7) is 3.32. The van der Waals surface area contributed by atoms with E-state index < -0.39 is 0 Å². The quantitative estimate of drug-likeness (QED) is 0.722. The molecule has 2 aromatic rings. The zero-order valence-electron chi connectivity index (χ0n) is 16.1. The number of rotatable bonds is 4. The first-order valence-corrected chi connectivity index (χ1v) is 10.6. The molecule has 0 unspecified atom stereocenters. The summed E-state index contributed by atoms with van der Waals surface area (Å²) in [6.07, 6.45) is 5.30. The molecule has 3 heterocycles. The third-order valence-electron chi connectivity index (χ3n) is 5.74. The van der Waals surface area contributed by atoms with Crippen LogP contribution in [0.4, 0.5) is 5.95 Å². The molecule has 28 heavy (non-hydrogen) atoms. The fraction of sp³-hybridized carbons (Fsp3) is 0.476. The Bertz CT molecular complexity index is 852. The van der Waals surface area contributed by atoms with Crippen LogP contribution >= 0.6 is 15.9 Å². The number of benzene rings is 1. The van der Waals surface area contributed by atoms with Gasteiger partial charge >= 0.3 is 0 Å². The van der Waals surface area contributed by atoms with E-state index in [2.05, 4.69) is 55.1 Å². The fourth-order valence-electron chi connectivity index (χ4n) is 4.06. The zero-order valence-corrected chi connectivity index (χ0v) is 17.7. The SMILES string of the molecule is COc1nc(N2CCC(CC(=O)N3CCc4ccccc4C3)CC2)ncc1Br. The second-order valence-corrected chi connectivity index (χ2v) is 8.35. The van der Waals surface area contributed by atoms with E-state index in [0.717, 1.165) is 49.9 Å². The molecule has 1 aromatic carbocycles. The Labute approximate surface area is 174 Å². The monoisotopic (exact) mass is 444 g/mol. The van der Waals surface area contributed by atoms with E-state index >= 15 is 0 Å². The van der Waals surface area contributed by atoms with Crippen molar-refractivity contribution in [3.8, 4) is 5.88 Å². The molecule has 6 nitrogen and oxygen atoms in total. The number of carbonyl (C=O) groups is 1. The molecule has 0 atom stereocenters. The van der Waals surface area contributed by atoms with Crippen molar-refractivity contribution in [2.24, 2.45) is 5.92 Å². The number of nitrogens with zero attached hydrogens (tertiary/aromatic N) is 4.